The summed E-state index contributed by atoms with van der Waals surface area (Å²) in [5.74, 6) is -0.295. The highest BCUT2D eigenvalue weighted by atomic mass is 16.4. The van der Waals surface area contributed by atoms with Crippen molar-refractivity contribution in [3.8, 4) is 5.75 Å². The Morgan fingerprint density at radius 2 is 2.31 bits per heavy atom. The summed E-state index contributed by atoms with van der Waals surface area (Å²) in [5.41, 5.74) is 0.144. The maximum absolute atomic E-state index is 11.4. The van der Waals surface area contributed by atoms with Crippen LogP contribution >= 0.6 is 0 Å². The average Bonchev–Trinajstić information content (AvgIpc) is 2.43. The van der Waals surface area contributed by atoms with Gasteiger partial charge in [0.15, 0.2) is 11.5 Å². The summed E-state index contributed by atoms with van der Waals surface area (Å²) in [6, 6.07) is 0. The fraction of sp³-hybridized carbons (Fsp3) is 0.444. The van der Waals surface area contributed by atoms with Gasteiger partial charge < -0.3 is 14.6 Å². The molecule has 1 aromatic rings. The lowest BCUT2D eigenvalue weighted by atomic mass is 9.86. The Balaban J connectivity index is 2.52. The lowest BCUT2D eigenvalue weighted by molar-refractivity contribution is 0.0580. The number of fused-ring (bicyclic) bond motifs is 1. The number of aromatic hydroxyl groups is 1. The van der Waals surface area contributed by atoms with Gasteiger partial charge in [-0.25, -0.2) is 0 Å². The fourth-order valence-corrected chi connectivity index (χ4v) is 1.61. The molecule has 0 spiro atoms. The van der Waals surface area contributed by atoms with Gasteiger partial charge in [-0.05, 0) is 5.92 Å². The van der Waals surface area contributed by atoms with Crippen molar-refractivity contribution in [1.29, 1.82) is 0 Å². The summed E-state index contributed by atoms with van der Waals surface area (Å²) >= 11 is 0. The number of carbonyl (C=O) groups excluding carboxylic acids is 1. The first-order valence-corrected chi connectivity index (χ1v) is 4.13. The van der Waals surface area contributed by atoms with Crippen molar-refractivity contribution in [3.05, 3.63) is 17.6 Å². The molecule has 0 radical (unpaired) electrons. The molecule has 1 heterocycles. The first-order chi connectivity index (χ1) is 6.11. The quantitative estimate of drug-likeness (QED) is 0.620. The molecule has 1 aromatic heterocycles. The van der Waals surface area contributed by atoms with E-state index in [-0.39, 0.29) is 17.2 Å². The Kier molecular flexibility index (Phi) is 1.66. The standard InChI is InChI=1S/C9H10O4/c1-4-2-6-7(5(10)3-13-6)9(12)8(4)11/h3-4,8,10-11H,2H2,1H3/t4-,8-/m0/s1. The van der Waals surface area contributed by atoms with E-state index >= 15 is 0 Å². The van der Waals surface area contributed by atoms with E-state index in [4.69, 9.17) is 4.42 Å². The molecule has 13 heavy (non-hydrogen) atoms. The zero-order valence-electron chi connectivity index (χ0n) is 7.15. The zero-order valence-corrected chi connectivity index (χ0v) is 7.15. The van der Waals surface area contributed by atoms with Gasteiger partial charge in [0.05, 0.1) is 0 Å². The Labute approximate surface area is 74.8 Å². The first-order valence-electron chi connectivity index (χ1n) is 4.13. The third-order valence-corrected chi connectivity index (χ3v) is 2.41. The molecule has 4 heteroatoms. The van der Waals surface area contributed by atoms with Gasteiger partial charge in [-0.1, -0.05) is 6.92 Å². The fourth-order valence-electron chi connectivity index (χ4n) is 1.61. The third kappa shape index (κ3) is 1.06. The van der Waals surface area contributed by atoms with Crippen molar-refractivity contribution in [2.75, 3.05) is 0 Å². The van der Waals surface area contributed by atoms with Gasteiger partial charge in [-0.15, -0.1) is 0 Å². The van der Waals surface area contributed by atoms with E-state index in [1.54, 1.807) is 6.92 Å². The Morgan fingerprint density at radius 3 is 3.00 bits per heavy atom. The predicted molar refractivity (Wildman–Crippen MR) is 43.6 cm³/mol. The summed E-state index contributed by atoms with van der Waals surface area (Å²) in [4.78, 5) is 11.4. The van der Waals surface area contributed by atoms with Gasteiger partial charge in [0, 0.05) is 6.42 Å². The summed E-state index contributed by atoms with van der Waals surface area (Å²) in [6.45, 7) is 1.77. The summed E-state index contributed by atoms with van der Waals surface area (Å²) < 4.78 is 4.99. The monoisotopic (exact) mass is 182 g/mol. The molecule has 1 aliphatic rings. The van der Waals surface area contributed by atoms with Crippen LogP contribution in [0.1, 0.15) is 23.0 Å². The van der Waals surface area contributed by atoms with Crippen LogP contribution in [0.3, 0.4) is 0 Å². The molecule has 4 nitrogen and oxygen atoms in total. The van der Waals surface area contributed by atoms with E-state index in [0.717, 1.165) is 6.26 Å². The number of aliphatic hydroxyl groups excluding tert-OH is 1. The van der Waals surface area contributed by atoms with Gasteiger partial charge in [0.1, 0.15) is 23.7 Å². The van der Waals surface area contributed by atoms with Crippen LogP contribution in [0.25, 0.3) is 0 Å². The zero-order chi connectivity index (χ0) is 9.59. The number of aliphatic hydroxyl groups is 1. The number of hydrogen-bond donors (Lipinski definition) is 2. The maximum atomic E-state index is 11.4. The predicted octanol–water partition coefficient (Wildman–Crippen LogP) is 0.721. The molecule has 1 aliphatic carbocycles. The summed E-state index contributed by atoms with van der Waals surface area (Å²) in [7, 11) is 0. The smallest absolute Gasteiger partial charge is 0.198 e. The minimum atomic E-state index is -1.02. The second-order valence-electron chi connectivity index (χ2n) is 3.41. The van der Waals surface area contributed by atoms with E-state index in [1.807, 2.05) is 0 Å². The maximum Gasteiger partial charge on any atom is 0.198 e. The molecule has 0 unspecified atom stereocenters. The minimum Gasteiger partial charge on any atom is -0.504 e. The number of carbonyl (C=O) groups is 1. The number of furan rings is 1. The third-order valence-electron chi connectivity index (χ3n) is 2.41. The largest absolute Gasteiger partial charge is 0.504 e. The molecule has 0 fully saturated rings. The van der Waals surface area contributed by atoms with Crippen LogP contribution in [0.4, 0.5) is 0 Å². The van der Waals surface area contributed by atoms with Crippen LogP contribution in [-0.4, -0.2) is 22.1 Å². The molecule has 2 N–H and O–H groups in total. The van der Waals surface area contributed by atoms with E-state index in [9.17, 15) is 15.0 Å². The molecule has 0 saturated carbocycles. The highest BCUT2D eigenvalue weighted by Crippen LogP contribution is 2.32. The highest BCUT2D eigenvalue weighted by molar-refractivity contribution is 6.03. The van der Waals surface area contributed by atoms with Gasteiger partial charge in [-0.3, -0.25) is 4.79 Å². The lowest BCUT2D eigenvalue weighted by Crippen LogP contribution is -2.33. The van der Waals surface area contributed by atoms with Crippen LogP contribution in [0, 0.1) is 5.92 Å². The van der Waals surface area contributed by atoms with E-state index in [0.29, 0.717) is 12.2 Å². The van der Waals surface area contributed by atoms with Crippen molar-refractivity contribution in [2.45, 2.75) is 19.4 Å². The van der Waals surface area contributed by atoms with Crippen molar-refractivity contribution in [2.24, 2.45) is 5.92 Å². The number of rotatable bonds is 0. The van der Waals surface area contributed by atoms with Crippen LogP contribution in [-0.2, 0) is 6.42 Å². The van der Waals surface area contributed by atoms with Crippen molar-refractivity contribution < 1.29 is 19.4 Å². The second-order valence-corrected chi connectivity index (χ2v) is 3.41. The Bertz CT molecular complexity index is 352. The van der Waals surface area contributed by atoms with Crippen LogP contribution < -0.4 is 0 Å². The van der Waals surface area contributed by atoms with Gasteiger partial charge >= 0.3 is 0 Å². The SMILES string of the molecule is C[C@H]1Cc2occ(O)c2C(=O)[C@H]1O. The van der Waals surface area contributed by atoms with Crippen LogP contribution in [0.15, 0.2) is 10.7 Å². The summed E-state index contributed by atoms with van der Waals surface area (Å²) in [6.07, 6.45) is 0.604. The van der Waals surface area contributed by atoms with Gasteiger partial charge in [-0.2, -0.15) is 0 Å². The van der Waals surface area contributed by atoms with Gasteiger partial charge in [0.25, 0.3) is 0 Å². The number of Topliss-reactive ketones (excluding diaryl/α,β-unsaturated/α-hetero) is 1. The molecular weight excluding hydrogens is 172 g/mol. The van der Waals surface area contributed by atoms with E-state index < -0.39 is 11.9 Å². The summed E-state index contributed by atoms with van der Waals surface area (Å²) in [5, 5.41) is 18.7. The van der Waals surface area contributed by atoms with Crippen molar-refractivity contribution >= 4 is 5.78 Å². The molecule has 0 saturated heterocycles. The lowest BCUT2D eigenvalue weighted by Gasteiger charge is -2.21. The topological polar surface area (TPSA) is 70.7 Å². The van der Waals surface area contributed by atoms with E-state index in [1.165, 1.54) is 0 Å². The van der Waals surface area contributed by atoms with Crippen LogP contribution in [0.2, 0.25) is 0 Å². The normalized spacial score (nSPS) is 27.4. The molecule has 2 rings (SSSR count). The average molecular weight is 182 g/mol. The molecule has 0 amide bonds. The Morgan fingerprint density at radius 1 is 1.62 bits per heavy atom. The molecule has 0 aliphatic heterocycles. The van der Waals surface area contributed by atoms with Crippen molar-refractivity contribution in [3.63, 3.8) is 0 Å². The molecule has 0 bridgehead atoms. The van der Waals surface area contributed by atoms with Gasteiger partial charge in [0.2, 0.25) is 0 Å². The second kappa shape index (κ2) is 2.60. The molecule has 70 valence electrons. The minimum absolute atomic E-state index is 0.144. The first kappa shape index (κ1) is 8.31. The number of ketones is 1. The molecule has 0 aromatic carbocycles. The van der Waals surface area contributed by atoms with E-state index in [2.05, 4.69) is 0 Å². The molecule has 2 atom stereocenters. The number of hydrogen-bond acceptors (Lipinski definition) is 4. The Hall–Kier alpha value is -1.29. The van der Waals surface area contributed by atoms with Crippen molar-refractivity contribution in [1.82, 2.24) is 0 Å². The molecular formula is C9H10O4. The van der Waals surface area contributed by atoms with Crippen LogP contribution in [0.5, 0.6) is 5.75 Å². The highest BCUT2D eigenvalue weighted by Gasteiger charge is 2.35.